The number of amides is 2. The zero-order chi connectivity index (χ0) is 19.9. The number of nitrogens with zero attached hydrogens (tertiary/aromatic N) is 1. The average molecular weight is 385 g/mol. The number of nitrogens with one attached hydrogen (secondary N) is 4. The molecule has 0 saturated heterocycles. The lowest BCUT2D eigenvalue weighted by Crippen LogP contribution is -2.35. The third-order valence-corrected chi connectivity index (χ3v) is 4.42. The van der Waals surface area contributed by atoms with E-state index in [1.807, 2.05) is 6.92 Å². The van der Waals surface area contributed by atoms with Crippen molar-refractivity contribution in [3.8, 4) is 0 Å². The predicted molar refractivity (Wildman–Crippen MR) is 107 cm³/mol. The number of rotatable bonds is 4. The summed E-state index contributed by atoms with van der Waals surface area (Å²) in [7, 11) is 0. The first-order valence-corrected chi connectivity index (χ1v) is 9.29. The van der Waals surface area contributed by atoms with Crippen molar-refractivity contribution in [3.05, 3.63) is 53.0 Å². The first kappa shape index (κ1) is 19.8. The summed E-state index contributed by atoms with van der Waals surface area (Å²) >= 11 is 0. The van der Waals surface area contributed by atoms with Gasteiger partial charge < -0.3 is 20.8 Å². The molecule has 0 radical (unpaired) electrons. The molecule has 148 valence electrons. The average Bonchev–Trinajstić information content (AvgIpc) is 2.67. The van der Waals surface area contributed by atoms with Gasteiger partial charge in [-0.25, -0.2) is 14.2 Å². The van der Waals surface area contributed by atoms with E-state index < -0.39 is 12.1 Å². The van der Waals surface area contributed by atoms with E-state index in [4.69, 9.17) is 10.1 Å². The van der Waals surface area contributed by atoms with Gasteiger partial charge in [-0.2, -0.15) is 0 Å². The van der Waals surface area contributed by atoms with E-state index >= 15 is 0 Å². The Kier molecular flexibility index (Phi) is 6.54. The molecule has 28 heavy (non-hydrogen) atoms. The van der Waals surface area contributed by atoms with Crippen LogP contribution in [0.5, 0.6) is 0 Å². The van der Waals surface area contributed by atoms with Gasteiger partial charge in [0.2, 0.25) is 0 Å². The Morgan fingerprint density at radius 3 is 3.04 bits per heavy atom. The summed E-state index contributed by atoms with van der Waals surface area (Å²) in [4.78, 5) is 17.0. The van der Waals surface area contributed by atoms with E-state index in [1.54, 1.807) is 18.2 Å². The summed E-state index contributed by atoms with van der Waals surface area (Å²) in [6.07, 6.45) is 2.62. The van der Waals surface area contributed by atoms with E-state index in [0.29, 0.717) is 36.5 Å². The van der Waals surface area contributed by atoms with Crippen LogP contribution in [-0.2, 0) is 11.2 Å². The van der Waals surface area contributed by atoms with Crippen LogP contribution in [0.15, 0.2) is 30.3 Å². The van der Waals surface area contributed by atoms with Gasteiger partial charge in [0.15, 0.2) is 0 Å². The number of carbonyl (C=O) groups excluding carboxylic acids is 1. The minimum atomic E-state index is -0.488. The molecule has 0 fully saturated rings. The Morgan fingerprint density at radius 1 is 1.43 bits per heavy atom. The fourth-order valence-electron chi connectivity index (χ4n) is 3.16. The van der Waals surface area contributed by atoms with Crippen molar-refractivity contribution in [1.82, 2.24) is 10.3 Å². The topological polar surface area (TPSA) is 99.1 Å². The molecule has 8 heteroatoms. The van der Waals surface area contributed by atoms with Crippen LogP contribution in [0.2, 0.25) is 0 Å². The van der Waals surface area contributed by atoms with Crippen molar-refractivity contribution in [3.63, 3.8) is 0 Å². The zero-order valence-electron chi connectivity index (χ0n) is 15.7. The van der Waals surface area contributed by atoms with Crippen molar-refractivity contribution in [2.24, 2.45) is 0 Å². The molecule has 2 amide bonds. The fraction of sp³-hybridized carbons (Fsp3) is 0.350. The number of ether oxygens (including phenoxy) is 1. The molecule has 2 bridgehead atoms. The highest BCUT2D eigenvalue weighted by Crippen LogP contribution is 2.24. The van der Waals surface area contributed by atoms with Gasteiger partial charge in [-0.1, -0.05) is 12.1 Å². The smallest absolute Gasteiger partial charge is 0.320 e. The molecule has 3 rings (SSSR count). The van der Waals surface area contributed by atoms with Gasteiger partial charge in [-0.15, -0.1) is 0 Å². The number of anilines is 2. The Labute approximate surface area is 163 Å². The molecule has 2 heterocycles. The van der Waals surface area contributed by atoms with E-state index in [0.717, 1.165) is 17.8 Å². The minimum Gasteiger partial charge on any atom is -0.383 e. The predicted octanol–water partition coefficient (Wildman–Crippen LogP) is 3.48. The van der Waals surface area contributed by atoms with Crippen molar-refractivity contribution >= 4 is 23.8 Å². The second-order valence-electron chi connectivity index (χ2n) is 6.48. The standard InChI is InChI=1S/C20H24FN5O2/c1-2-23-19-14(11-22)10-18-24-16(19)7-4-8-28-12-17(25-20(27)26-18)13-5-3-6-15(21)9-13/h3,5-6,9-11,17,22-23H,2,4,7-8,12H2,1H3,(H2,24,25,26,27)/t17-/m1/s1. The third kappa shape index (κ3) is 4.83. The van der Waals surface area contributed by atoms with Crippen LogP contribution >= 0.6 is 0 Å². The number of aryl methyl sites for hydroxylation is 1. The van der Waals surface area contributed by atoms with Crippen LogP contribution in [0, 0.1) is 11.2 Å². The first-order valence-electron chi connectivity index (χ1n) is 9.29. The van der Waals surface area contributed by atoms with Gasteiger partial charge in [0.05, 0.1) is 24.0 Å². The van der Waals surface area contributed by atoms with Crippen LogP contribution in [-0.4, -0.2) is 37.0 Å². The summed E-state index contributed by atoms with van der Waals surface area (Å²) in [6, 6.07) is 6.79. The normalized spacial score (nSPS) is 17.5. The summed E-state index contributed by atoms with van der Waals surface area (Å²) < 4.78 is 19.3. The molecule has 4 N–H and O–H groups in total. The van der Waals surface area contributed by atoms with E-state index in [-0.39, 0.29) is 12.4 Å². The lowest BCUT2D eigenvalue weighted by molar-refractivity contribution is 0.111. The van der Waals surface area contributed by atoms with Gasteiger partial charge >= 0.3 is 6.03 Å². The van der Waals surface area contributed by atoms with Crippen LogP contribution < -0.4 is 16.0 Å². The third-order valence-electron chi connectivity index (χ3n) is 4.42. The first-order chi connectivity index (χ1) is 13.6. The molecular weight excluding hydrogens is 361 g/mol. The molecular formula is C20H24FN5O2. The molecule has 1 atom stereocenters. The fourth-order valence-corrected chi connectivity index (χ4v) is 3.16. The highest BCUT2D eigenvalue weighted by Gasteiger charge is 2.19. The van der Waals surface area contributed by atoms with Gasteiger partial charge in [0.25, 0.3) is 0 Å². The van der Waals surface area contributed by atoms with E-state index in [9.17, 15) is 9.18 Å². The highest BCUT2D eigenvalue weighted by atomic mass is 19.1. The number of pyridine rings is 1. The maximum atomic E-state index is 13.6. The van der Waals surface area contributed by atoms with Crippen molar-refractivity contribution in [2.75, 3.05) is 30.4 Å². The van der Waals surface area contributed by atoms with Gasteiger partial charge in [-0.3, -0.25) is 5.32 Å². The molecule has 1 aromatic carbocycles. The quantitative estimate of drug-likeness (QED) is 0.606. The van der Waals surface area contributed by atoms with E-state index in [1.165, 1.54) is 18.3 Å². The van der Waals surface area contributed by atoms with Crippen LogP contribution in [0.3, 0.4) is 0 Å². The Balaban J connectivity index is 1.89. The second-order valence-corrected chi connectivity index (χ2v) is 6.48. The van der Waals surface area contributed by atoms with Crippen molar-refractivity contribution in [1.29, 1.82) is 5.41 Å². The minimum absolute atomic E-state index is 0.240. The molecule has 7 nitrogen and oxygen atoms in total. The molecule has 0 spiro atoms. The lowest BCUT2D eigenvalue weighted by Gasteiger charge is -2.22. The van der Waals surface area contributed by atoms with Crippen molar-refractivity contribution in [2.45, 2.75) is 25.8 Å². The highest BCUT2D eigenvalue weighted by molar-refractivity contribution is 5.92. The number of hydrogen-bond acceptors (Lipinski definition) is 5. The van der Waals surface area contributed by atoms with Gasteiger partial charge in [0, 0.05) is 24.9 Å². The summed E-state index contributed by atoms with van der Waals surface area (Å²) in [5, 5.41) is 16.5. The van der Waals surface area contributed by atoms with Crippen LogP contribution in [0.1, 0.15) is 36.2 Å². The summed E-state index contributed by atoms with van der Waals surface area (Å²) in [5.74, 6) is -0.00101. The largest absolute Gasteiger partial charge is 0.383 e. The number of benzene rings is 1. The maximum Gasteiger partial charge on any atom is 0.320 e. The number of aromatic nitrogens is 1. The number of fused-ring (bicyclic) bond motifs is 2. The monoisotopic (exact) mass is 385 g/mol. The molecule has 0 saturated carbocycles. The Bertz CT molecular complexity index is 858. The van der Waals surface area contributed by atoms with Crippen LogP contribution in [0.25, 0.3) is 0 Å². The zero-order valence-corrected chi connectivity index (χ0v) is 15.7. The van der Waals surface area contributed by atoms with Crippen molar-refractivity contribution < 1.29 is 13.9 Å². The summed E-state index contributed by atoms with van der Waals surface area (Å²) in [5.41, 5.74) is 2.87. The Hall–Kier alpha value is -3.00. The molecule has 1 aliphatic heterocycles. The van der Waals surface area contributed by atoms with E-state index in [2.05, 4.69) is 20.9 Å². The lowest BCUT2D eigenvalue weighted by atomic mass is 10.1. The van der Waals surface area contributed by atoms with Crippen LogP contribution in [0.4, 0.5) is 20.7 Å². The second kappa shape index (κ2) is 9.27. The Morgan fingerprint density at radius 2 is 2.29 bits per heavy atom. The molecule has 0 aliphatic carbocycles. The van der Waals surface area contributed by atoms with Gasteiger partial charge in [-0.05, 0) is 43.5 Å². The number of carbonyl (C=O) groups is 1. The van der Waals surface area contributed by atoms with Gasteiger partial charge in [0.1, 0.15) is 11.6 Å². The number of hydrogen-bond donors (Lipinski definition) is 4. The summed E-state index contributed by atoms with van der Waals surface area (Å²) in [6.45, 7) is 3.40. The number of halogens is 1. The molecule has 1 aromatic heterocycles. The molecule has 1 aliphatic rings. The molecule has 0 unspecified atom stereocenters. The molecule has 2 aromatic rings. The number of urea groups is 1. The SMILES string of the molecule is CCNc1c(C=N)cc2nc1CCCOC[C@H](c1cccc(F)c1)NC(=O)N2. The maximum absolute atomic E-state index is 13.6.